The van der Waals surface area contributed by atoms with Crippen LogP contribution < -0.4 is 14.2 Å². The summed E-state index contributed by atoms with van der Waals surface area (Å²) in [6.45, 7) is 4.76. The molecular formula is C19H23ClN2O5S. The van der Waals surface area contributed by atoms with Crippen LogP contribution in [0, 0.1) is 0 Å². The number of rotatable bonds is 9. The van der Waals surface area contributed by atoms with E-state index in [1.165, 1.54) is 25.3 Å². The van der Waals surface area contributed by atoms with Gasteiger partial charge in [0.05, 0.1) is 17.0 Å². The molecule has 0 saturated carbocycles. The molecule has 0 fully saturated rings. The number of carbonyl (C=O) groups excluding carboxylic acids is 1. The Labute approximate surface area is 170 Å². The van der Waals surface area contributed by atoms with E-state index in [1.54, 1.807) is 29.2 Å². The Kier molecular flexibility index (Phi) is 7.53. The maximum absolute atomic E-state index is 12.6. The Balaban J connectivity index is 2.10. The molecule has 0 spiro atoms. The Hall–Kier alpha value is -2.45. The summed E-state index contributed by atoms with van der Waals surface area (Å²) in [5, 5.41) is 0.102. The number of benzene rings is 2. The number of nitrogens with one attached hydrogen (secondary N) is 1. The molecule has 0 bridgehead atoms. The van der Waals surface area contributed by atoms with Crippen LogP contribution in [0.1, 0.15) is 13.8 Å². The minimum Gasteiger partial charge on any atom is -0.497 e. The van der Waals surface area contributed by atoms with Gasteiger partial charge in [0.2, 0.25) is 0 Å². The summed E-state index contributed by atoms with van der Waals surface area (Å²) in [6.07, 6.45) is 0. The van der Waals surface area contributed by atoms with Crippen molar-refractivity contribution in [3.05, 3.63) is 47.5 Å². The molecule has 0 atom stereocenters. The van der Waals surface area contributed by atoms with E-state index in [9.17, 15) is 13.2 Å². The number of hydrogen-bond donors (Lipinski definition) is 1. The van der Waals surface area contributed by atoms with Gasteiger partial charge in [-0.3, -0.25) is 9.52 Å². The van der Waals surface area contributed by atoms with Gasteiger partial charge in [-0.15, -0.1) is 0 Å². The van der Waals surface area contributed by atoms with Crippen LogP contribution in [0.15, 0.2) is 47.4 Å². The van der Waals surface area contributed by atoms with Crippen LogP contribution in [0.2, 0.25) is 5.02 Å². The number of carbonyl (C=O) groups is 1. The monoisotopic (exact) mass is 426 g/mol. The summed E-state index contributed by atoms with van der Waals surface area (Å²) in [7, 11) is -2.30. The van der Waals surface area contributed by atoms with Crippen molar-refractivity contribution >= 4 is 33.2 Å². The topological polar surface area (TPSA) is 84.9 Å². The average molecular weight is 427 g/mol. The molecule has 7 nitrogen and oxygen atoms in total. The molecule has 0 aliphatic rings. The molecule has 0 heterocycles. The van der Waals surface area contributed by atoms with Crippen molar-refractivity contribution < 1.29 is 22.7 Å². The predicted molar refractivity (Wildman–Crippen MR) is 109 cm³/mol. The highest BCUT2D eigenvalue weighted by Gasteiger charge is 2.17. The predicted octanol–water partition coefficient (Wildman–Crippen LogP) is 3.40. The van der Waals surface area contributed by atoms with Crippen LogP contribution in [0.4, 0.5) is 5.69 Å². The van der Waals surface area contributed by atoms with E-state index < -0.39 is 10.0 Å². The van der Waals surface area contributed by atoms with Crippen molar-refractivity contribution in [1.29, 1.82) is 0 Å². The molecule has 0 aromatic heterocycles. The van der Waals surface area contributed by atoms with Gasteiger partial charge in [0.1, 0.15) is 11.5 Å². The zero-order valence-electron chi connectivity index (χ0n) is 15.9. The summed E-state index contributed by atoms with van der Waals surface area (Å²) in [4.78, 5) is 13.6. The van der Waals surface area contributed by atoms with Crippen molar-refractivity contribution in [2.45, 2.75) is 18.7 Å². The molecule has 2 aromatic carbocycles. The van der Waals surface area contributed by atoms with Crippen molar-refractivity contribution in [2.75, 3.05) is 31.5 Å². The maximum Gasteiger partial charge on any atom is 0.261 e. The summed E-state index contributed by atoms with van der Waals surface area (Å²) in [5.74, 6) is 0.691. The number of halogens is 1. The van der Waals surface area contributed by atoms with E-state index in [4.69, 9.17) is 21.1 Å². The Morgan fingerprint density at radius 3 is 2.29 bits per heavy atom. The fourth-order valence-corrected chi connectivity index (χ4v) is 3.83. The summed E-state index contributed by atoms with van der Waals surface area (Å²) in [5.41, 5.74) is 0.391. The van der Waals surface area contributed by atoms with Gasteiger partial charge in [0.15, 0.2) is 6.61 Å². The van der Waals surface area contributed by atoms with E-state index in [0.717, 1.165) is 0 Å². The lowest BCUT2D eigenvalue weighted by Gasteiger charge is -2.19. The van der Waals surface area contributed by atoms with E-state index in [2.05, 4.69) is 4.72 Å². The highest BCUT2D eigenvalue weighted by atomic mass is 35.5. The Bertz CT molecular complexity index is 912. The van der Waals surface area contributed by atoms with Crippen molar-refractivity contribution in [2.24, 2.45) is 0 Å². The van der Waals surface area contributed by atoms with Gasteiger partial charge in [0, 0.05) is 18.8 Å². The molecule has 0 unspecified atom stereocenters. The Morgan fingerprint density at radius 2 is 1.75 bits per heavy atom. The van der Waals surface area contributed by atoms with Crippen LogP contribution in [0.3, 0.4) is 0 Å². The normalized spacial score (nSPS) is 11.0. The maximum atomic E-state index is 12.6. The first kappa shape index (κ1) is 21.8. The molecule has 0 aliphatic heterocycles. The summed E-state index contributed by atoms with van der Waals surface area (Å²) >= 11 is 6.15. The van der Waals surface area contributed by atoms with Gasteiger partial charge in [0.25, 0.3) is 15.9 Å². The molecular weight excluding hydrogens is 404 g/mol. The first-order valence-electron chi connectivity index (χ1n) is 8.67. The van der Waals surface area contributed by atoms with Gasteiger partial charge in [-0.2, -0.15) is 0 Å². The molecule has 2 rings (SSSR count). The quantitative estimate of drug-likeness (QED) is 0.664. The molecule has 152 valence electrons. The van der Waals surface area contributed by atoms with Crippen molar-refractivity contribution in [3.8, 4) is 11.5 Å². The molecule has 1 amide bonds. The van der Waals surface area contributed by atoms with Crippen LogP contribution in [0.5, 0.6) is 11.5 Å². The highest BCUT2D eigenvalue weighted by Crippen LogP contribution is 2.28. The van der Waals surface area contributed by atoms with Crippen LogP contribution >= 0.6 is 11.6 Å². The van der Waals surface area contributed by atoms with Gasteiger partial charge >= 0.3 is 0 Å². The zero-order valence-corrected chi connectivity index (χ0v) is 17.5. The van der Waals surface area contributed by atoms with Gasteiger partial charge in [-0.1, -0.05) is 11.6 Å². The number of methoxy groups -OCH3 is 1. The second kappa shape index (κ2) is 9.66. The molecule has 9 heteroatoms. The number of ether oxygens (including phenoxy) is 2. The van der Waals surface area contributed by atoms with Crippen LogP contribution in [0.25, 0.3) is 0 Å². The van der Waals surface area contributed by atoms with E-state index in [0.29, 0.717) is 24.5 Å². The van der Waals surface area contributed by atoms with Crippen molar-refractivity contribution in [1.82, 2.24) is 4.90 Å². The van der Waals surface area contributed by atoms with Gasteiger partial charge < -0.3 is 14.4 Å². The standard InChI is InChI=1S/C19H23ClN2O5S/c1-4-22(5-2)19(23)13-27-18-11-10-16(12-17(18)20)28(24,25)21-14-6-8-15(26-3)9-7-14/h6-12,21H,4-5,13H2,1-3H3. The number of amides is 1. The lowest BCUT2D eigenvalue weighted by molar-refractivity contribution is -0.132. The third-order valence-corrected chi connectivity index (χ3v) is 5.70. The highest BCUT2D eigenvalue weighted by molar-refractivity contribution is 7.92. The number of nitrogens with zero attached hydrogens (tertiary/aromatic N) is 1. The van der Waals surface area contributed by atoms with E-state index in [-0.39, 0.29) is 28.2 Å². The summed E-state index contributed by atoms with van der Waals surface area (Å²) < 4.78 is 38.1. The number of hydrogen-bond acceptors (Lipinski definition) is 5. The minimum absolute atomic E-state index is 0.0178. The Morgan fingerprint density at radius 1 is 1.11 bits per heavy atom. The minimum atomic E-state index is -3.83. The average Bonchev–Trinajstić information content (AvgIpc) is 2.68. The number of likely N-dealkylation sites (N-methyl/N-ethyl adjacent to an activating group) is 1. The molecule has 28 heavy (non-hydrogen) atoms. The fraction of sp³-hybridized carbons (Fsp3) is 0.316. The van der Waals surface area contributed by atoms with Gasteiger partial charge in [-0.05, 0) is 56.3 Å². The largest absolute Gasteiger partial charge is 0.497 e. The zero-order chi connectivity index (χ0) is 20.7. The molecule has 0 aliphatic carbocycles. The first-order valence-corrected chi connectivity index (χ1v) is 10.5. The molecule has 1 N–H and O–H groups in total. The van der Waals surface area contributed by atoms with Crippen LogP contribution in [-0.2, 0) is 14.8 Å². The molecule has 0 saturated heterocycles. The van der Waals surface area contributed by atoms with E-state index >= 15 is 0 Å². The number of sulfonamides is 1. The summed E-state index contributed by atoms with van der Waals surface area (Å²) in [6, 6.07) is 10.6. The second-order valence-electron chi connectivity index (χ2n) is 5.78. The lowest BCUT2D eigenvalue weighted by atomic mass is 10.3. The SMILES string of the molecule is CCN(CC)C(=O)COc1ccc(S(=O)(=O)Nc2ccc(OC)cc2)cc1Cl. The lowest BCUT2D eigenvalue weighted by Crippen LogP contribution is -2.34. The van der Waals surface area contributed by atoms with Crippen LogP contribution in [-0.4, -0.2) is 46.0 Å². The fourth-order valence-electron chi connectivity index (χ4n) is 2.45. The van der Waals surface area contributed by atoms with E-state index in [1.807, 2.05) is 13.8 Å². The van der Waals surface area contributed by atoms with Gasteiger partial charge in [-0.25, -0.2) is 8.42 Å². The third-order valence-electron chi connectivity index (χ3n) is 4.02. The smallest absolute Gasteiger partial charge is 0.261 e. The first-order chi connectivity index (χ1) is 13.3. The molecule has 0 radical (unpaired) electrons. The third kappa shape index (κ3) is 5.53. The second-order valence-corrected chi connectivity index (χ2v) is 7.87. The number of anilines is 1. The molecule has 2 aromatic rings. The van der Waals surface area contributed by atoms with Crippen molar-refractivity contribution in [3.63, 3.8) is 0 Å².